The lowest BCUT2D eigenvalue weighted by Crippen LogP contribution is -2.27. The summed E-state index contributed by atoms with van der Waals surface area (Å²) in [5.41, 5.74) is 3.67. The average Bonchev–Trinajstić information content (AvgIpc) is 2.95. The topological polar surface area (TPSA) is 62.4 Å². The zero-order valence-corrected chi connectivity index (χ0v) is 14.4. The summed E-state index contributed by atoms with van der Waals surface area (Å²) in [6, 6.07) is 17.0. The summed E-state index contributed by atoms with van der Waals surface area (Å²) >= 11 is 0. The van der Waals surface area contributed by atoms with E-state index in [2.05, 4.69) is 4.98 Å². The van der Waals surface area contributed by atoms with Crippen molar-refractivity contribution in [2.75, 3.05) is 13.7 Å². The number of rotatable bonds is 2. The first-order valence-corrected chi connectivity index (χ1v) is 8.45. The van der Waals surface area contributed by atoms with Crippen molar-refractivity contribution in [3.05, 3.63) is 77.6 Å². The van der Waals surface area contributed by atoms with Crippen LogP contribution in [0.3, 0.4) is 0 Å². The van der Waals surface area contributed by atoms with Gasteiger partial charge in [-0.15, -0.1) is 0 Å². The molecule has 0 bridgehead atoms. The molecule has 5 heteroatoms. The Hall–Kier alpha value is -3.34. The first kappa shape index (κ1) is 16.1. The van der Waals surface area contributed by atoms with E-state index >= 15 is 0 Å². The van der Waals surface area contributed by atoms with Gasteiger partial charge in [-0.25, -0.2) is 4.79 Å². The van der Waals surface area contributed by atoms with E-state index in [-0.39, 0.29) is 5.91 Å². The Kier molecular flexibility index (Phi) is 4.05. The molecular weight excluding hydrogens is 328 g/mol. The summed E-state index contributed by atoms with van der Waals surface area (Å²) in [4.78, 5) is 30.2. The lowest BCUT2D eigenvalue weighted by molar-refractivity contribution is -0.133. The standard InChI is InChI=1S/C21H18N2O3/c1-26-21(25)17-13-23(20(24)14-7-3-2-4-8-14)12-11-16-15-9-5-6-10-18(15)22-19(16)17/h2-10,13,22H,11-12H2,1H3. The molecule has 1 aromatic heterocycles. The Labute approximate surface area is 150 Å². The van der Waals surface area contributed by atoms with Crippen molar-refractivity contribution in [1.82, 2.24) is 9.88 Å². The molecule has 0 saturated carbocycles. The third-order valence-electron chi connectivity index (χ3n) is 4.66. The molecule has 1 aliphatic rings. The third kappa shape index (κ3) is 2.67. The van der Waals surface area contributed by atoms with Crippen molar-refractivity contribution in [3.63, 3.8) is 0 Å². The highest BCUT2D eigenvalue weighted by molar-refractivity contribution is 6.18. The molecule has 2 heterocycles. The van der Waals surface area contributed by atoms with Crippen molar-refractivity contribution in [1.29, 1.82) is 0 Å². The second-order valence-electron chi connectivity index (χ2n) is 6.17. The molecule has 130 valence electrons. The molecule has 0 aliphatic carbocycles. The van der Waals surface area contributed by atoms with Gasteiger partial charge in [-0.2, -0.15) is 0 Å². The van der Waals surface area contributed by atoms with E-state index in [1.807, 2.05) is 42.5 Å². The molecule has 4 rings (SSSR count). The summed E-state index contributed by atoms with van der Waals surface area (Å²) in [5.74, 6) is -0.605. The van der Waals surface area contributed by atoms with Crippen LogP contribution in [0.1, 0.15) is 21.6 Å². The Balaban J connectivity index is 1.82. The van der Waals surface area contributed by atoms with Crippen LogP contribution in [0.5, 0.6) is 0 Å². The number of methoxy groups -OCH3 is 1. The van der Waals surface area contributed by atoms with E-state index in [1.165, 1.54) is 7.11 Å². The number of aromatic amines is 1. The van der Waals surface area contributed by atoms with Gasteiger partial charge in [-0.1, -0.05) is 36.4 Å². The maximum Gasteiger partial charge on any atom is 0.341 e. The summed E-state index contributed by atoms with van der Waals surface area (Å²) < 4.78 is 4.97. The summed E-state index contributed by atoms with van der Waals surface area (Å²) in [6.07, 6.45) is 2.25. The minimum Gasteiger partial charge on any atom is -0.465 e. The number of ether oxygens (including phenoxy) is 1. The zero-order valence-electron chi connectivity index (χ0n) is 14.4. The lowest BCUT2D eigenvalue weighted by Gasteiger charge is -2.17. The van der Waals surface area contributed by atoms with Crippen molar-refractivity contribution < 1.29 is 14.3 Å². The number of carbonyl (C=O) groups is 2. The second kappa shape index (κ2) is 6.52. The smallest absolute Gasteiger partial charge is 0.341 e. The number of hydrogen-bond donors (Lipinski definition) is 1. The predicted molar refractivity (Wildman–Crippen MR) is 99.5 cm³/mol. The normalized spacial score (nSPS) is 13.7. The highest BCUT2D eigenvalue weighted by atomic mass is 16.5. The van der Waals surface area contributed by atoms with Crippen LogP contribution in [0.4, 0.5) is 0 Å². The fraction of sp³-hybridized carbons (Fsp3) is 0.143. The molecule has 3 aromatic rings. The van der Waals surface area contributed by atoms with E-state index < -0.39 is 5.97 Å². The van der Waals surface area contributed by atoms with Crippen molar-refractivity contribution in [3.8, 4) is 0 Å². The molecule has 0 spiro atoms. The molecule has 0 unspecified atom stereocenters. The quantitative estimate of drug-likeness (QED) is 0.724. The third-order valence-corrected chi connectivity index (χ3v) is 4.66. The second-order valence-corrected chi connectivity index (χ2v) is 6.17. The van der Waals surface area contributed by atoms with Crippen LogP contribution in [-0.2, 0) is 16.0 Å². The Morgan fingerprint density at radius 3 is 2.54 bits per heavy atom. The lowest BCUT2D eigenvalue weighted by atomic mass is 10.0. The number of fused-ring (bicyclic) bond motifs is 3. The number of nitrogens with one attached hydrogen (secondary N) is 1. The van der Waals surface area contributed by atoms with Gasteiger partial charge in [-0.05, 0) is 30.2 Å². The van der Waals surface area contributed by atoms with Gasteiger partial charge in [0.2, 0.25) is 0 Å². The van der Waals surface area contributed by atoms with Gasteiger partial charge in [0.05, 0.1) is 18.4 Å². The molecule has 2 aromatic carbocycles. The molecule has 26 heavy (non-hydrogen) atoms. The summed E-state index contributed by atoms with van der Waals surface area (Å²) in [5, 5.41) is 1.06. The molecule has 0 saturated heterocycles. The Morgan fingerprint density at radius 1 is 1.04 bits per heavy atom. The van der Waals surface area contributed by atoms with Gasteiger partial charge in [-0.3, -0.25) is 4.79 Å². The molecular formula is C21H18N2O3. The minimum atomic E-state index is -0.467. The first-order chi connectivity index (χ1) is 12.7. The number of esters is 1. The van der Waals surface area contributed by atoms with Crippen LogP contribution in [-0.4, -0.2) is 35.4 Å². The van der Waals surface area contributed by atoms with Crippen molar-refractivity contribution in [2.45, 2.75) is 6.42 Å². The molecule has 1 N–H and O–H groups in total. The molecule has 1 amide bonds. The fourth-order valence-corrected chi connectivity index (χ4v) is 3.38. The van der Waals surface area contributed by atoms with E-state index in [4.69, 9.17) is 4.74 Å². The first-order valence-electron chi connectivity index (χ1n) is 8.45. The number of benzene rings is 2. The molecule has 0 atom stereocenters. The van der Waals surface area contributed by atoms with Crippen LogP contribution >= 0.6 is 0 Å². The largest absolute Gasteiger partial charge is 0.465 e. The highest BCUT2D eigenvalue weighted by Gasteiger charge is 2.27. The highest BCUT2D eigenvalue weighted by Crippen LogP contribution is 2.31. The van der Waals surface area contributed by atoms with E-state index in [1.54, 1.807) is 23.2 Å². The van der Waals surface area contributed by atoms with E-state index in [0.29, 0.717) is 24.1 Å². The van der Waals surface area contributed by atoms with Crippen molar-refractivity contribution >= 4 is 28.4 Å². The van der Waals surface area contributed by atoms with Gasteiger partial charge in [0.1, 0.15) is 0 Å². The number of nitrogens with zero attached hydrogens (tertiary/aromatic N) is 1. The zero-order chi connectivity index (χ0) is 18.1. The SMILES string of the molecule is COC(=O)C1=CN(C(=O)c2ccccc2)CCc2c1[nH]c1ccccc21. The summed E-state index contributed by atoms with van der Waals surface area (Å²) in [7, 11) is 1.35. The number of aromatic nitrogens is 1. The minimum absolute atomic E-state index is 0.138. The Morgan fingerprint density at radius 2 is 1.77 bits per heavy atom. The Bertz CT molecular complexity index is 1020. The maximum atomic E-state index is 12.9. The van der Waals surface area contributed by atoms with Crippen LogP contribution in [0.2, 0.25) is 0 Å². The number of para-hydroxylation sites is 1. The van der Waals surface area contributed by atoms with Gasteiger partial charge in [0, 0.05) is 29.2 Å². The average molecular weight is 346 g/mol. The van der Waals surface area contributed by atoms with Crippen molar-refractivity contribution in [2.24, 2.45) is 0 Å². The van der Waals surface area contributed by atoms with E-state index in [0.717, 1.165) is 22.2 Å². The number of H-pyrrole nitrogens is 1. The molecule has 0 radical (unpaired) electrons. The van der Waals surface area contributed by atoms with Gasteiger partial charge in [0.15, 0.2) is 0 Å². The number of amides is 1. The maximum absolute atomic E-state index is 12.9. The van der Waals surface area contributed by atoms with Crippen LogP contribution in [0.15, 0.2) is 60.8 Å². The van der Waals surface area contributed by atoms with Crippen LogP contribution in [0, 0.1) is 0 Å². The molecule has 0 fully saturated rings. The number of hydrogen-bond acceptors (Lipinski definition) is 3. The predicted octanol–water partition coefficient (Wildman–Crippen LogP) is 3.38. The summed E-state index contributed by atoms with van der Waals surface area (Å²) in [6.45, 7) is 0.489. The van der Waals surface area contributed by atoms with Gasteiger partial charge in [0.25, 0.3) is 5.91 Å². The van der Waals surface area contributed by atoms with Crippen LogP contribution < -0.4 is 0 Å². The molecule has 5 nitrogen and oxygen atoms in total. The molecule has 1 aliphatic heterocycles. The fourth-order valence-electron chi connectivity index (χ4n) is 3.38. The van der Waals surface area contributed by atoms with E-state index in [9.17, 15) is 9.59 Å². The number of carbonyl (C=O) groups excluding carboxylic acids is 2. The van der Waals surface area contributed by atoms with Crippen LogP contribution in [0.25, 0.3) is 16.5 Å². The monoisotopic (exact) mass is 346 g/mol. The van der Waals surface area contributed by atoms with Gasteiger partial charge >= 0.3 is 5.97 Å². The van der Waals surface area contributed by atoms with Gasteiger partial charge < -0.3 is 14.6 Å².